The smallest absolute Gasteiger partial charge is 0.268 e. The number of likely N-dealkylation sites (tertiary alicyclic amines) is 1. The summed E-state index contributed by atoms with van der Waals surface area (Å²) in [5, 5.41) is 0. The molecule has 1 fully saturated rings. The predicted octanol–water partition coefficient (Wildman–Crippen LogP) is 1.26. The molecule has 1 aliphatic heterocycles. The fourth-order valence-corrected chi connectivity index (χ4v) is 2.43. The predicted molar refractivity (Wildman–Crippen MR) is 64.1 cm³/mol. The van der Waals surface area contributed by atoms with Crippen LogP contribution in [0.25, 0.3) is 0 Å². The van der Waals surface area contributed by atoms with Gasteiger partial charge in [-0.2, -0.15) is 0 Å². The van der Waals surface area contributed by atoms with Gasteiger partial charge in [-0.3, -0.25) is 15.1 Å². The normalized spacial score (nSPS) is 20.7. The Morgan fingerprint density at radius 3 is 3.24 bits per heavy atom. The van der Waals surface area contributed by atoms with Crippen LogP contribution in [0.5, 0.6) is 0 Å². The molecule has 0 aromatic carbocycles. The molecular formula is C12H19N3O2. The molecule has 2 heterocycles. The number of hydrogen-bond donors (Lipinski definition) is 2. The van der Waals surface area contributed by atoms with Crippen molar-refractivity contribution in [2.24, 2.45) is 5.84 Å². The van der Waals surface area contributed by atoms with Crippen LogP contribution in [0, 0.1) is 0 Å². The lowest BCUT2D eigenvalue weighted by Crippen LogP contribution is -2.29. The van der Waals surface area contributed by atoms with Gasteiger partial charge in [0.1, 0.15) is 12.0 Å². The van der Waals surface area contributed by atoms with Crippen molar-refractivity contribution >= 4 is 5.91 Å². The van der Waals surface area contributed by atoms with Gasteiger partial charge in [-0.1, -0.05) is 6.92 Å². The maximum atomic E-state index is 11.3. The highest BCUT2D eigenvalue weighted by Crippen LogP contribution is 2.22. The summed E-state index contributed by atoms with van der Waals surface area (Å²) in [6.07, 6.45) is 5.12. The lowest BCUT2D eigenvalue weighted by atomic mass is 10.1. The third-order valence-corrected chi connectivity index (χ3v) is 3.38. The zero-order valence-electron chi connectivity index (χ0n) is 10.1. The quantitative estimate of drug-likeness (QED) is 0.470. The third kappa shape index (κ3) is 2.68. The summed E-state index contributed by atoms with van der Waals surface area (Å²) < 4.78 is 5.38. The van der Waals surface area contributed by atoms with E-state index in [1.54, 1.807) is 6.07 Å². The van der Waals surface area contributed by atoms with Crippen LogP contribution in [0.15, 0.2) is 16.7 Å². The van der Waals surface area contributed by atoms with Crippen molar-refractivity contribution in [3.8, 4) is 0 Å². The van der Waals surface area contributed by atoms with E-state index in [0.717, 1.165) is 25.3 Å². The minimum absolute atomic E-state index is 0.312. The third-order valence-electron chi connectivity index (χ3n) is 3.38. The van der Waals surface area contributed by atoms with Crippen LogP contribution >= 0.6 is 0 Å². The zero-order valence-corrected chi connectivity index (χ0v) is 10.1. The number of nitrogens with zero attached hydrogens (tertiary/aromatic N) is 1. The van der Waals surface area contributed by atoms with E-state index in [9.17, 15) is 4.79 Å². The molecule has 1 saturated heterocycles. The molecule has 2 rings (SSSR count). The van der Waals surface area contributed by atoms with Crippen LogP contribution < -0.4 is 11.3 Å². The van der Waals surface area contributed by atoms with Crippen LogP contribution in [-0.2, 0) is 6.54 Å². The molecule has 1 aromatic rings. The van der Waals surface area contributed by atoms with Crippen LogP contribution in [0.1, 0.15) is 42.3 Å². The highest BCUT2D eigenvalue weighted by Gasteiger charge is 2.23. The molecule has 1 amide bonds. The van der Waals surface area contributed by atoms with E-state index < -0.39 is 0 Å². The first kappa shape index (κ1) is 12.1. The summed E-state index contributed by atoms with van der Waals surface area (Å²) in [4.78, 5) is 13.7. The van der Waals surface area contributed by atoms with E-state index >= 15 is 0 Å². The Balaban J connectivity index is 1.99. The molecule has 0 aliphatic carbocycles. The largest absolute Gasteiger partial charge is 0.467 e. The molecule has 1 atom stereocenters. The number of carbonyl (C=O) groups is 1. The first-order valence-electron chi connectivity index (χ1n) is 6.07. The van der Waals surface area contributed by atoms with Crippen LogP contribution in [0.4, 0.5) is 0 Å². The Morgan fingerprint density at radius 1 is 1.71 bits per heavy atom. The Bertz CT molecular complexity index is 389. The van der Waals surface area contributed by atoms with Crippen LogP contribution in [0.2, 0.25) is 0 Å². The first-order chi connectivity index (χ1) is 8.24. The summed E-state index contributed by atoms with van der Waals surface area (Å²) in [5.74, 6) is 5.58. The molecule has 17 heavy (non-hydrogen) atoms. The van der Waals surface area contributed by atoms with Gasteiger partial charge in [-0.15, -0.1) is 0 Å². The van der Waals surface area contributed by atoms with E-state index in [-0.39, 0.29) is 5.91 Å². The molecule has 1 unspecified atom stereocenters. The summed E-state index contributed by atoms with van der Waals surface area (Å²) in [5.41, 5.74) is 2.58. The highest BCUT2D eigenvalue weighted by molar-refractivity contribution is 5.93. The van der Waals surface area contributed by atoms with Crippen molar-refractivity contribution in [2.75, 3.05) is 6.54 Å². The molecule has 5 heteroatoms. The second kappa shape index (κ2) is 5.33. The maximum absolute atomic E-state index is 11.3. The number of hydrogen-bond acceptors (Lipinski definition) is 4. The molecule has 0 saturated carbocycles. The number of furan rings is 1. The number of rotatable bonds is 4. The van der Waals surface area contributed by atoms with Gasteiger partial charge in [0.15, 0.2) is 0 Å². The van der Waals surface area contributed by atoms with Crippen molar-refractivity contribution in [1.29, 1.82) is 0 Å². The van der Waals surface area contributed by atoms with Gasteiger partial charge in [0.05, 0.1) is 12.1 Å². The van der Waals surface area contributed by atoms with Gasteiger partial charge in [-0.25, -0.2) is 5.84 Å². The zero-order chi connectivity index (χ0) is 12.3. The summed E-state index contributed by atoms with van der Waals surface area (Å²) in [6, 6.07) is 2.40. The SMILES string of the molecule is CCC1CCCN1Cc1cc(C(=O)NN)co1. The molecule has 94 valence electrons. The van der Waals surface area contributed by atoms with Gasteiger partial charge in [-0.05, 0) is 31.9 Å². The van der Waals surface area contributed by atoms with Gasteiger partial charge in [0.2, 0.25) is 0 Å². The monoisotopic (exact) mass is 237 g/mol. The number of hydrazine groups is 1. The second-order valence-corrected chi connectivity index (χ2v) is 4.45. The Hall–Kier alpha value is -1.33. The molecular weight excluding hydrogens is 218 g/mol. The number of nitrogens with two attached hydrogens (primary N) is 1. The lowest BCUT2D eigenvalue weighted by molar-refractivity contribution is 0.0953. The van der Waals surface area contributed by atoms with Crippen LogP contribution in [-0.4, -0.2) is 23.4 Å². The summed E-state index contributed by atoms with van der Waals surface area (Å²) >= 11 is 0. The van der Waals surface area contributed by atoms with Gasteiger partial charge < -0.3 is 4.42 Å². The van der Waals surface area contributed by atoms with E-state index in [1.165, 1.54) is 19.1 Å². The fraction of sp³-hybridized carbons (Fsp3) is 0.583. The van der Waals surface area contributed by atoms with Gasteiger partial charge in [0.25, 0.3) is 5.91 Å². The molecule has 0 bridgehead atoms. The van der Waals surface area contributed by atoms with Crippen molar-refractivity contribution in [2.45, 2.75) is 38.8 Å². The lowest BCUT2D eigenvalue weighted by Gasteiger charge is -2.21. The number of carbonyl (C=O) groups excluding carboxylic acids is 1. The minimum Gasteiger partial charge on any atom is -0.467 e. The number of nitrogen functional groups attached to an aromatic ring is 1. The highest BCUT2D eigenvalue weighted by atomic mass is 16.3. The van der Waals surface area contributed by atoms with Crippen molar-refractivity contribution < 1.29 is 9.21 Å². The summed E-state index contributed by atoms with van der Waals surface area (Å²) in [7, 11) is 0. The summed E-state index contributed by atoms with van der Waals surface area (Å²) in [6.45, 7) is 4.09. The van der Waals surface area contributed by atoms with E-state index in [0.29, 0.717) is 11.6 Å². The number of amides is 1. The van der Waals surface area contributed by atoms with Crippen molar-refractivity contribution in [1.82, 2.24) is 10.3 Å². The molecule has 1 aliphatic rings. The van der Waals surface area contributed by atoms with E-state index in [4.69, 9.17) is 10.3 Å². The van der Waals surface area contributed by atoms with E-state index in [2.05, 4.69) is 17.2 Å². The standard InChI is InChI=1S/C12H19N3O2/c1-2-10-4-3-5-15(10)7-11-6-9(8-17-11)12(16)14-13/h6,8,10H,2-5,7,13H2,1H3,(H,14,16). The molecule has 0 radical (unpaired) electrons. The molecule has 1 aromatic heterocycles. The second-order valence-electron chi connectivity index (χ2n) is 4.45. The minimum atomic E-state index is -0.312. The van der Waals surface area contributed by atoms with Gasteiger partial charge in [0, 0.05) is 6.04 Å². The average Bonchev–Trinajstić information content (AvgIpc) is 2.97. The van der Waals surface area contributed by atoms with Crippen LogP contribution in [0.3, 0.4) is 0 Å². The Kier molecular flexibility index (Phi) is 3.81. The number of nitrogens with one attached hydrogen (secondary N) is 1. The average molecular weight is 237 g/mol. The van der Waals surface area contributed by atoms with E-state index in [1.807, 2.05) is 0 Å². The van der Waals surface area contributed by atoms with Crippen molar-refractivity contribution in [3.05, 3.63) is 23.7 Å². The van der Waals surface area contributed by atoms with Crippen molar-refractivity contribution in [3.63, 3.8) is 0 Å². The maximum Gasteiger partial charge on any atom is 0.268 e. The fourth-order valence-electron chi connectivity index (χ4n) is 2.43. The molecule has 0 spiro atoms. The molecule has 5 nitrogen and oxygen atoms in total. The first-order valence-corrected chi connectivity index (χ1v) is 6.07. The Labute approximate surface area is 101 Å². The Morgan fingerprint density at radius 2 is 2.53 bits per heavy atom. The topological polar surface area (TPSA) is 71.5 Å². The van der Waals surface area contributed by atoms with Gasteiger partial charge >= 0.3 is 0 Å². The molecule has 3 N–H and O–H groups in total.